The number of halogens is 3. The Bertz CT molecular complexity index is 898. The van der Waals surface area contributed by atoms with Crippen LogP contribution in [0.3, 0.4) is 0 Å². The molecule has 174 valence electrons. The zero-order chi connectivity index (χ0) is 23.1. The molecule has 0 saturated carbocycles. The Hall–Kier alpha value is -2.88. The molecule has 0 atom stereocenters. The van der Waals surface area contributed by atoms with E-state index in [2.05, 4.69) is 15.3 Å². The van der Waals surface area contributed by atoms with Gasteiger partial charge < -0.3 is 20.1 Å². The third kappa shape index (κ3) is 6.56. The van der Waals surface area contributed by atoms with E-state index in [1.54, 1.807) is 7.11 Å². The summed E-state index contributed by atoms with van der Waals surface area (Å²) in [6, 6.07) is 7.54. The molecule has 0 aliphatic carbocycles. The van der Waals surface area contributed by atoms with Gasteiger partial charge in [0.15, 0.2) is 5.82 Å². The first-order valence-corrected chi connectivity index (χ1v) is 10.5. The van der Waals surface area contributed by atoms with Gasteiger partial charge in [0.25, 0.3) is 0 Å². The summed E-state index contributed by atoms with van der Waals surface area (Å²) in [6.45, 7) is 2.15. The lowest BCUT2D eigenvalue weighted by Gasteiger charge is -2.32. The van der Waals surface area contributed by atoms with E-state index in [9.17, 15) is 23.1 Å². The van der Waals surface area contributed by atoms with Crippen molar-refractivity contribution < 1.29 is 27.8 Å². The quantitative estimate of drug-likeness (QED) is 0.556. The number of alkyl halides is 3. The normalized spacial score (nSPS) is 15.1. The number of aromatic nitrogens is 2. The average molecular weight is 452 g/mol. The molecule has 7 nitrogen and oxygen atoms in total. The molecule has 1 saturated heterocycles. The third-order valence-electron chi connectivity index (χ3n) is 5.41. The highest BCUT2D eigenvalue weighted by Crippen LogP contribution is 2.32. The number of carboxylic acids is 1. The standard InChI is InChI=1S/C22H27F3N4O3/c1-32-13-10-26-17-4-2-15(3-5-17)19-20(29-11-7-16(8-12-29)21(30)31)28-18(14-27-19)6-9-22(23,24)25/h2-5,14,16,26H,6-13H2,1H3,(H,30,31). The van der Waals surface area contributed by atoms with Gasteiger partial charge in [-0.3, -0.25) is 9.78 Å². The molecule has 0 unspecified atom stereocenters. The highest BCUT2D eigenvalue weighted by molar-refractivity contribution is 5.74. The summed E-state index contributed by atoms with van der Waals surface area (Å²) in [5, 5.41) is 12.5. The van der Waals surface area contributed by atoms with Crippen LogP contribution in [-0.4, -0.2) is 60.6 Å². The van der Waals surface area contributed by atoms with E-state index in [0.29, 0.717) is 50.6 Å². The van der Waals surface area contributed by atoms with Crippen molar-refractivity contribution in [2.45, 2.75) is 31.9 Å². The van der Waals surface area contributed by atoms with Crippen molar-refractivity contribution in [1.29, 1.82) is 0 Å². The lowest BCUT2D eigenvalue weighted by molar-refractivity contribution is -0.142. The first kappa shape index (κ1) is 23.8. The van der Waals surface area contributed by atoms with Crippen LogP contribution in [0.25, 0.3) is 11.3 Å². The maximum Gasteiger partial charge on any atom is 0.389 e. The summed E-state index contributed by atoms with van der Waals surface area (Å²) in [5.74, 6) is -0.756. The third-order valence-corrected chi connectivity index (χ3v) is 5.41. The molecule has 2 aromatic rings. The number of aryl methyl sites for hydroxylation is 1. The fourth-order valence-corrected chi connectivity index (χ4v) is 3.61. The van der Waals surface area contributed by atoms with Crippen molar-refractivity contribution in [2.75, 3.05) is 43.6 Å². The second-order valence-electron chi connectivity index (χ2n) is 7.75. The molecule has 1 aromatic heterocycles. The fraction of sp³-hybridized carbons (Fsp3) is 0.500. The Balaban J connectivity index is 1.85. The maximum atomic E-state index is 12.7. The molecule has 10 heteroatoms. The van der Waals surface area contributed by atoms with Crippen molar-refractivity contribution in [3.63, 3.8) is 0 Å². The van der Waals surface area contributed by atoms with Crippen LogP contribution in [0.5, 0.6) is 0 Å². The number of benzene rings is 1. The van der Waals surface area contributed by atoms with Gasteiger partial charge in [0, 0.05) is 50.6 Å². The predicted molar refractivity (Wildman–Crippen MR) is 115 cm³/mol. The monoisotopic (exact) mass is 452 g/mol. The Kier molecular flexibility index (Phi) is 7.89. The minimum absolute atomic E-state index is 0.252. The van der Waals surface area contributed by atoms with E-state index in [-0.39, 0.29) is 12.1 Å². The van der Waals surface area contributed by atoms with Crippen molar-refractivity contribution in [3.05, 3.63) is 36.2 Å². The molecule has 1 aromatic carbocycles. The first-order valence-electron chi connectivity index (χ1n) is 10.5. The van der Waals surface area contributed by atoms with Crippen molar-refractivity contribution >= 4 is 17.5 Å². The van der Waals surface area contributed by atoms with Gasteiger partial charge in [-0.05, 0) is 31.4 Å². The molecule has 1 fully saturated rings. The molecule has 0 bridgehead atoms. The zero-order valence-corrected chi connectivity index (χ0v) is 17.9. The number of nitrogens with one attached hydrogen (secondary N) is 1. The predicted octanol–water partition coefficient (Wildman–Crippen LogP) is 4.00. The SMILES string of the molecule is COCCNc1ccc(-c2ncc(CCC(F)(F)F)nc2N2CCC(C(=O)O)CC2)cc1. The number of carboxylic acid groups (broad SMARTS) is 1. The van der Waals surface area contributed by atoms with Crippen LogP contribution in [0, 0.1) is 5.92 Å². The van der Waals surface area contributed by atoms with E-state index in [4.69, 9.17) is 4.74 Å². The number of rotatable bonds is 9. The molecule has 1 aliphatic rings. The van der Waals surface area contributed by atoms with Crippen molar-refractivity contribution in [2.24, 2.45) is 5.92 Å². The summed E-state index contributed by atoms with van der Waals surface area (Å²) in [4.78, 5) is 22.2. The van der Waals surface area contributed by atoms with Gasteiger partial charge in [0.2, 0.25) is 0 Å². The van der Waals surface area contributed by atoms with Crippen LogP contribution >= 0.6 is 0 Å². The van der Waals surface area contributed by atoms with Gasteiger partial charge in [-0.1, -0.05) is 12.1 Å². The van der Waals surface area contributed by atoms with Crippen LogP contribution in [0.1, 0.15) is 25.0 Å². The molecule has 32 heavy (non-hydrogen) atoms. The number of hydrogen-bond donors (Lipinski definition) is 2. The number of aliphatic carboxylic acids is 1. The number of carbonyl (C=O) groups is 1. The number of ether oxygens (including phenoxy) is 1. The van der Waals surface area contributed by atoms with E-state index in [1.807, 2.05) is 29.2 Å². The van der Waals surface area contributed by atoms with Gasteiger partial charge in [0.1, 0.15) is 5.69 Å². The number of nitrogens with zero attached hydrogens (tertiary/aromatic N) is 3. The van der Waals surface area contributed by atoms with Gasteiger partial charge in [-0.2, -0.15) is 13.2 Å². The number of methoxy groups -OCH3 is 1. The molecular formula is C22H27F3N4O3. The smallest absolute Gasteiger partial charge is 0.389 e. The van der Waals surface area contributed by atoms with Crippen molar-refractivity contribution in [3.8, 4) is 11.3 Å². The zero-order valence-electron chi connectivity index (χ0n) is 17.9. The fourth-order valence-electron chi connectivity index (χ4n) is 3.61. The Morgan fingerprint density at radius 2 is 1.94 bits per heavy atom. The number of piperidine rings is 1. The van der Waals surface area contributed by atoms with E-state index < -0.39 is 24.5 Å². The topological polar surface area (TPSA) is 87.6 Å². The highest BCUT2D eigenvalue weighted by atomic mass is 19.4. The van der Waals surface area contributed by atoms with E-state index >= 15 is 0 Å². The lowest BCUT2D eigenvalue weighted by Crippen LogP contribution is -2.37. The highest BCUT2D eigenvalue weighted by Gasteiger charge is 2.29. The average Bonchev–Trinajstić information content (AvgIpc) is 2.78. The summed E-state index contributed by atoms with van der Waals surface area (Å²) in [7, 11) is 1.63. The summed E-state index contributed by atoms with van der Waals surface area (Å²) >= 11 is 0. The van der Waals surface area contributed by atoms with Crippen LogP contribution < -0.4 is 10.2 Å². The van der Waals surface area contributed by atoms with Gasteiger partial charge in [-0.15, -0.1) is 0 Å². The number of anilines is 2. The van der Waals surface area contributed by atoms with Crippen LogP contribution in [-0.2, 0) is 16.0 Å². The van der Waals surface area contributed by atoms with E-state index in [1.165, 1.54) is 6.20 Å². The summed E-state index contributed by atoms with van der Waals surface area (Å²) in [5.41, 5.74) is 2.52. The molecule has 2 N–H and O–H groups in total. The van der Waals surface area contributed by atoms with Gasteiger partial charge >= 0.3 is 12.1 Å². The first-order chi connectivity index (χ1) is 15.3. The molecule has 0 spiro atoms. The Labute approximate surface area is 184 Å². The molecule has 2 heterocycles. The van der Waals surface area contributed by atoms with Crippen LogP contribution in [0.2, 0.25) is 0 Å². The van der Waals surface area contributed by atoms with Crippen LogP contribution in [0.15, 0.2) is 30.5 Å². The molecule has 1 aliphatic heterocycles. The second kappa shape index (κ2) is 10.6. The second-order valence-corrected chi connectivity index (χ2v) is 7.75. The van der Waals surface area contributed by atoms with Crippen LogP contribution in [0.4, 0.5) is 24.7 Å². The van der Waals surface area contributed by atoms with E-state index in [0.717, 1.165) is 11.3 Å². The minimum atomic E-state index is -4.27. The largest absolute Gasteiger partial charge is 0.481 e. The summed E-state index contributed by atoms with van der Waals surface area (Å²) < 4.78 is 43.1. The maximum absolute atomic E-state index is 12.7. The summed E-state index contributed by atoms with van der Waals surface area (Å²) in [6.07, 6.45) is -3.20. The van der Waals surface area contributed by atoms with Gasteiger partial charge in [-0.25, -0.2) is 4.98 Å². The minimum Gasteiger partial charge on any atom is -0.481 e. The van der Waals surface area contributed by atoms with Gasteiger partial charge in [0.05, 0.1) is 18.2 Å². The molecule has 3 rings (SSSR count). The molecular weight excluding hydrogens is 425 g/mol. The number of hydrogen-bond acceptors (Lipinski definition) is 6. The Morgan fingerprint density at radius 3 is 2.53 bits per heavy atom. The lowest BCUT2D eigenvalue weighted by atomic mass is 9.97. The molecule has 0 amide bonds. The Morgan fingerprint density at radius 1 is 1.25 bits per heavy atom. The van der Waals surface area contributed by atoms with Crippen molar-refractivity contribution in [1.82, 2.24) is 9.97 Å². The molecule has 0 radical (unpaired) electrons.